The van der Waals surface area contributed by atoms with E-state index in [1.165, 1.54) is 0 Å². The van der Waals surface area contributed by atoms with Crippen molar-refractivity contribution in [2.45, 2.75) is 19.4 Å². The van der Waals surface area contributed by atoms with Crippen LogP contribution in [0.2, 0.25) is 0 Å². The molecule has 6 heteroatoms. The maximum Gasteiger partial charge on any atom is 0.228 e. The third kappa shape index (κ3) is 3.99. The highest BCUT2D eigenvalue weighted by atomic mass is 32.1. The van der Waals surface area contributed by atoms with Crippen molar-refractivity contribution in [3.05, 3.63) is 16.1 Å². The fourth-order valence-corrected chi connectivity index (χ4v) is 3.00. The topological polar surface area (TPSA) is 56.7 Å². The number of aliphatic hydroxyl groups excluding tert-OH is 1. The summed E-state index contributed by atoms with van der Waals surface area (Å²) in [6, 6.07) is 0. The Hall–Kier alpha value is -0.980. The molecule has 1 unspecified atom stereocenters. The molecule has 1 amide bonds. The third-order valence-electron chi connectivity index (χ3n) is 3.41. The third-order valence-corrected chi connectivity index (χ3v) is 4.31. The van der Waals surface area contributed by atoms with Crippen molar-refractivity contribution in [2.75, 3.05) is 33.8 Å². The molecule has 2 rings (SSSR count). The van der Waals surface area contributed by atoms with E-state index in [1.807, 2.05) is 5.38 Å². The second-order valence-electron chi connectivity index (χ2n) is 5.27. The Labute approximate surface area is 117 Å². The molecule has 1 aromatic rings. The molecule has 5 nitrogen and oxygen atoms in total. The van der Waals surface area contributed by atoms with Gasteiger partial charge in [-0.15, -0.1) is 11.3 Å². The molecule has 0 radical (unpaired) electrons. The molecule has 0 aliphatic carbocycles. The van der Waals surface area contributed by atoms with Gasteiger partial charge < -0.3 is 10.0 Å². The van der Waals surface area contributed by atoms with Gasteiger partial charge in [0.1, 0.15) is 5.01 Å². The van der Waals surface area contributed by atoms with Crippen LogP contribution in [0.1, 0.15) is 17.1 Å². The number of hydrogen-bond acceptors (Lipinski definition) is 5. The van der Waals surface area contributed by atoms with E-state index in [0.717, 1.165) is 36.8 Å². The van der Waals surface area contributed by atoms with Crippen LogP contribution in [-0.4, -0.2) is 59.6 Å². The number of aromatic nitrogens is 1. The molecule has 1 aliphatic rings. The Balaban J connectivity index is 1.86. The Morgan fingerprint density at radius 2 is 2.42 bits per heavy atom. The van der Waals surface area contributed by atoms with Crippen LogP contribution in [0.25, 0.3) is 0 Å². The van der Waals surface area contributed by atoms with E-state index in [9.17, 15) is 4.79 Å². The molecule has 1 aliphatic heterocycles. The molecule has 0 aromatic carbocycles. The predicted molar refractivity (Wildman–Crippen MR) is 75.0 cm³/mol. The van der Waals surface area contributed by atoms with Crippen LogP contribution in [0.5, 0.6) is 0 Å². The van der Waals surface area contributed by atoms with Crippen molar-refractivity contribution in [1.82, 2.24) is 14.8 Å². The summed E-state index contributed by atoms with van der Waals surface area (Å²) in [5, 5.41) is 12.0. The number of rotatable bonds is 5. The Kier molecular flexibility index (Phi) is 4.90. The highest BCUT2D eigenvalue weighted by Crippen LogP contribution is 2.19. The van der Waals surface area contributed by atoms with E-state index in [4.69, 9.17) is 5.11 Å². The van der Waals surface area contributed by atoms with Gasteiger partial charge in [0.15, 0.2) is 0 Å². The standard InChI is InChI=1S/C13H21N3O2S/c1-15(2)13(18)5-12-14-11(9-19-12)7-16-4-3-10(6-16)8-17/h9-10,17H,3-8H2,1-2H3. The average Bonchev–Trinajstić information content (AvgIpc) is 2.99. The zero-order chi connectivity index (χ0) is 13.8. The molecule has 0 spiro atoms. The maximum atomic E-state index is 11.6. The SMILES string of the molecule is CN(C)C(=O)Cc1nc(CN2CCC(CO)C2)cs1. The molecule has 106 valence electrons. The average molecular weight is 283 g/mol. The minimum absolute atomic E-state index is 0.0856. The number of amides is 1. The first-order valence-electron chi connectivity index (χ1n) is 6.55. The largest absolute Gasteiger partial charge is 0.396 e. The zero-order valence-corrected chi connectivity index (χ0v) is 12.3. The second kappa shape index (κ2) is 6.45. The quantitative estimate of drug-likeness (QED) is 0.859. The van der Waals surface area contributed by atoms with E-state index in [0.29, 0.717) is 12.3 Å². The summed E-state index contributed by atoms with van der Waals surface area (Å²) in [6.07, 6.45) is 1.45. The van der Waals surface area contributed by atoms with Gasteiger partial charge >= 0.3 is 0 Å². The van der Waals surface area contributed by atoms with Crippen LogP contribution in [0.15, 0.2) is 5.38 Å². The number of likely N-dealkylation sites (tertiary alicyclic amines) is 1. The number of thiazole rings is 1. The van der Waals surface area contributed by atoms with Gasteiger partial charge in [0.2, 0.25) is 5.91 Å². The summed E-state index contributed by atoms with van der Waals surface area (Å²) < 4.78 is 0. The number of carbonyl (C=O) groups is 1. The van der Waals surface area contributed by atoms with Gasteiger partial charge in [-0.1, -0.05) is 0 Å². The van der Waals surface area contributed by atoms with E-state index < -0.39 is 0 Å². The molecule has 19 heavy (non-hydrogen) atoms. The minimum Gasteiger partial charge on any atom is -0.396 e. The lowest BCUT2D eigenvalue weighted by atomic mass is 10.1. The molecule has 1 N–H and O–H groups in total. The summed E-state index contributed by atoms with van der Waals surface area (Å²) in [5.41, 5.74) is 1.03. The van der Waals surface area contributed by atoms with E-state index in [1.54, 1.807) is 30.3 Å². The minimum atomic E-state index is 0.0856. The van der Waals surface area contributed by atoms with Crippen molar-refractivity contribution in [2.24, 2.45) is 5.92 Å². The summed E-state index contributed by atoms with van der Waals surface area (Å²) in [6.45, 7) is 3.06. The van der Waals surface area contributed by atoms with Gasteiger partial charge in [-0.25, -0.2) is 4.98 Å². The molecule has 1 fully saturated rings. The Bertz CT molecular complexity index is 433. The van der Waals surface area contributed by atoms with E-state index in [-0.39, 0.29) is 12.5 Å². The first-order valence-corrected chi connectivity index (χ1v) is 7.43. The summed E-state index contributed by atoms with van der Waals surface area (Å²) in [5.74, 6) is 0.496. The number of carbonyl (C=O) groups excluding carboxylic acids is 1. The van der Waals surface area contributed by atoms with Crippen LogP contribution in [0.3, 0.4) is 0 Å². The zero-order valence-electron chi connectivity index (χ0n) is 11.5. The second-order valence-corrected chi connectivity index (χ2v) is 6.21. The first kappa shape index (κ1) is 14.4. The fraction of sp³-hybridized carbons (Fsp3) is 0.692. The molecule has 1 atom stereocenters. The van der Waals surface area contributed by atoms with E-state index in [2.05, 4.69) is 9.88 Å². The van der Waals surface area contributed by atoms with Crippen LogP contribution < -0.4 is 0 Å². The monoisotopic (exact) mass is 283 g/mol. The first-order chi connectivity index (χ1) is 9.08. The fourth-order valence-electron chi connectivity index (χ4n) is 2.22. The van der Waals surface area contributed by atoms with Gasteiger partial charge in [-0.05, 0) is 18.9 Å². The van der Waals surface area contributed by atoms with Crippen molar-refractivity contribution < 1.29 is 9.90 Å². The Morgan fingerprint density at radius 3 is 3.05 bits per heavy atom. The molecule has 2 heterocycles. The number of nitrogens with zero attached hydrogens (tertiary/aromatic N) is 3. The summed E-state index contributed by atoms with van der Waals surface area (Å²) in [7, 11) is 3.52. The van der Waals surface area contributed by atoms with Crippen LogP contribution in [0.4, 0.5) is 0 Å². The normalized spacial score (nSPS) is 19.8. The van der Waals surface area contributed by atoms with Crippen LogP contribution >= 0.6 is 11.3 Å². The van der Waals surface area contributed by atoms with Gasteiger partial charge in [0, 0.05) is 39.2 Å². The smallest absolute Gasteiger partial charge is 0.228 e. The summed E-state index contributed by atoms with van der Waals surface area (Å²) in [4.78, 5) is 20.0. The van der Waals surface area contributed by atoms with Gasteiger partial charge in [-0.3, -0.25) is 9.69 Å². The highest BCUT2D eigenvalue weighted by molar-refractivity contribution is 7.09. The number of aliphatic hydroxyl groups is 1. The van der Waals surface area contributed by atoms with E-state index >= 15 is 0 Å². The van der Waals surface area contributed by atoms with Crippen molar-refractivity contribution in [1.29, 1.82) is 0 Å². The lowest BCUT2D eigenvalue weighted by Gasteiger charge is -2.13. The molecule has 1 saturated heterocycles. The van der Waals surface area contributed by atoms with Crippen molar-refractivity contribution >= 4 is 17.2 Å². The van der Waals surface area contributed by atoms with Gasteiger partial charge in [0.05, 0.1) is 12.1 Å². The molecule has 1 aromatic heterocycles. The number of likely N-dealkylation sites (N-methyl/N-ethyl adjacent to an activating group) is 1. The maximum absolute atomic E-state index is 11.6. The Morgan fingerprint density at radius 1 is 1.63 bits per heavy atom. The lowest BCUT2D eigenvalue weighted by Crippen LogP contribution is -2.23. The predicted octanol–water partition coefficient (Wildman–Crippen LogP) is 0.588. The molecular formula is C13H21N3O2S. The van der Waals surface area contributed by atoms with Gasteiger partial charge in [-0.2, -0.15) is 0 Å². The van der Waals surface area contributed by atoms with Crippen molar-refractivity contribution in [3.63, 3.8) is 0 Å². The molecule has 0 bridgehead atoms. The van der Waals surface area contributed by atoms with Gasteiger partial charge in [0.25, 0.3) is 0 Å². The summed E-state index contributed by atoms with van der Waals surface area (Å²) >= 11 is 1.55. The van der Waals surface area contributed by atoms with Crippen LogP contribution in [-0.2, 0) is 17.8 Å². The van der Waals surface area contributed by atoms with Crippen LogP contribution in [0, 0.1) is 5.92 Å². The lowest BCUT2D eigenvalue weighted by molar-refractivity contribution is -0.127. The molecule has 0 saturated carbocycles. The number of hydrogen-bond donors (Lipinski definition) is 1. The highest BCUT2D eigenvalue weighted by Gasteiger charge is 2.22. The molecular weight excluding hydrogens is 262 g/mol. The van der Waals surface area contributed by atoms with Crippen molar-refractivity contribution in [3.8, 4) is 0 Å².